The van der Waals surface area contributed by atoms with Crippen LogP contribution in [0, 0.1) is 0 Å². The Morgan fingerprint density at radius 3 is 1.68 bits per heavy atom. The maximum atomic E-state index is 5.13. The van der Waals surface area contributed by atoms with Gasteiger partial charge in [0.05, 0.1) is 12.5 Å². The number of furan rings is 1. The zero-order valence-electron chi connectivity index (χ0n) is 13.3. The maximum absolute atomic E-state index is 5.13. The summed E-state index contributed by atoms with van der Waals surface area (Å²) in [4.78, 5) is 2.22. The first-order chi connectivity index (χ1) is 10.6. The number of hydrogen-bond acceptors (Lipinski definition) is 2. The SMILES string of the molecule is CC(c1ccc(-c2ccc(-c3ccoc3)cc2)cc1)N(C)C. The van der Waals surface area contributed by atoms with Gasteiger partial charge in [-0.3, -0.25) is 0 Å². The molecule has 0 bridgehead atoms. The van der Waals surface area contributed by atoms with E-state index in [1.165, 1.54) is 22.3 Å². The minimum atomic E-state index is 0.428. The fourth-order valence-corrected chi connectivity index (χ4v) is 2.54. The highest BCUT2D eigenvalue weighted by atomic mass is 16.3. The molecule has 0 saturated carbocycles. The van der Waals surface area contributed by atoms with Crippen molar-refractivity contribution in [3.05, 3.63) is 72.7 Å². The van der Waals surface area contributed by atoms with Gasteiger partial charge in [0.25, 0.3) is 0 Å². The van der Waals surface area contributed by atoms with Gasteiger partial charge in [0, 0.05) is 11.6 Å². The third-order valence-corrected chi connectivity index (χ3v) is 4.24. The molecule has 0 amide bonds. The zero-order chi connectivity index (χ0) is 15.5. The molecule has 22 heavy (non-hydrogen) atoms. The Morgan fingerprint density at radius 2 is 1.23 bits per heavy atom. The van der Waals surface area contributed by atoms with Crippen LogP contribution in [0.2, 0.25) is 0 Å². The molecule has 1 unspecified atom stereocenters. The topological polar surface area (TPSA) is 16.4 Å². The van der Waals surface area contributed by atoms with Crippen LogP contribution >= 0.6 is 0 Å². The van der Waals surface area contributed by atoms with Crippen molar-refractivity contribution in [3.63, 3.8) is 0 Å². The van der Waals surface area contributed by atoms with Crippen molar-refractivity contribution in [1.82, 2.24) is 4.90 Å². The van der Waals surface area contributed by atoms with E-state index < -0.39 is 0 Å². The lowest BCUT2D eigenvalue weighted by Crippen LogP contribution is -2.16. The highest BCUT2D eigenvalue weighted by molar-refractivity contribution is 5.70. The normalized spacial score (nSPS) is 12.5. The molecule has 0 N–H and O–H groups in total. The van der Waals surface area contributed by atoms with Crippen molar-refractivity contribution >= 4 is 0 Å². The van der Waals surface area contributed by atoms with E-state index in [4.69, 9.17) is 4.42 Å². The second-order valence-electron chi connectivity index (χ2n) is 5.85. The van der Waals surface area contributed by atoms with Gasteiger partial charge in [0.15, 0.2) is 0 Å². The van der Waals surface area contributed by atoms with Gasteiger partial charge in [-0.2, -0.15) is 0 Å². The summed E-state index contributed by atoms with van der Waals surface area (Å²) in [7, 11) is 4.21. The van der Waals surface area contributed by atoms with Crippen LogP contribution in [0.5, 0.6) is 0 Å². The average molecular weight is 291 g/mol. The Bertz CT molecular complexity index is 709. The monoisotopic (exact) mass is 291 g/mol. The van der Waals surface area contributed by atoms with Gasteiger partial charge in [-0.1, -0.05) is 48.5 Å². The van der Waals surface area contributed by atoms with Crippen LogP contribution in [0.3, 0.4) is 0 Å². The van der Waals surface area contributed by atoms with Gasteiger partial charge in [0.1, 0.15) is 0 Å². The summed E-state index contributed by atoms with van der Waals surface area (Å²) in [6.45, 7) is 2.22. The Labute approximate surface area is 132 Å². The Balaban J connectivity index is 1.82. The molecule has 1 atom stereocenters. The molecule has 2 heteroatoms. The van der Waals surface area contributed by atoms with Crippen molar-refractivity contribution in [2.45, 2.75) is 13.0 Å². The zero-order valence-corrected chi connectivity index (χ0v) is 13.3. The van der Waals surface area contributed by atoms with Crippen LogP contribution in [-0.2, 0) is 0 Å². The molecule has 112 valence electrons. The molecule has 3 rings (SSSR count). The minimum Gasteiger partial charge on any atom is -0.472 e. The first kappa shape index (κ1) is 14.6. The lowest BCUT2D eigenvalue weighted by atomic mass is 9.99. The lowest BCUT2D eigenvalue weighted by molar-refractivity contribution is 0.321. The van der Waals surface area contributed by atoms with Crippen molar-refractivity contribution < 1.29 is 4.42 Å². The molecule has 1 aromatic heterocycles. The molecular weight excluding hydrogens is 270 g/mol. The summed E-state index contributed by atoms with van der Waals surface area (Å²) in [5.41, 5.74) is 6.10. The quantitative estimate of drug-likeness (QED) is 0.654. The Kier molecular flexibility index (Phi) is 4.12. The molecular formula is C20H21NO. The largest absolute Gasteiger partial charge is 0.472 e. The highest BCUT2D eigenvalue weighted by Crippen LogP contribution is 2.26. The first-order valence-electron chi connectivity index (χ1n) is 7.54. The van der Waals surface area contributed by atoms with Gasteiger partial charge in [-0.15, -0.1) is 0 Å². The van der Waals surface area contributed by atoms with E-state index in [2.05, 4.69) is 74.4 Å². The van der Waals surface area contributed by atoms with E-state index in [0.717, 1.165) is 5.56 Å². The van der Waals surface area contributed by atoms with Crippen molar-refractivity contribution in [2.24, 2.45) is 0 Å². The Morgan fingerprint density at radius 1 is 0.727 bits per heavy atom. The molecule has 3 aromatic rings. The fourth-order valence-electron chi connectivity index (χ4n) is 2.54. The molecule has 0 radical (unpaired) electrons. The summed E-state index contributed by atoms with van der Waals surface area (Å²) in [6, 6.07) is 19.8. The number of benzene rings is 2. The van der Waals surface area contributed by atoms with Gasteiger partial charge >= 0.3 is 0 Å². The molecule has 0 aliphatic rings. The molecule has 2 nitrogen and oxygen atoms in total. The first-order valence-corrected chi connectivity index (χ1v) is 7.54. The van der Waals surface area contributed by atoms with E-state index in [1.54, 1.807) is 12.5 Å². The van der Waals surface area contributed by atoms with Crippen molar-refractivity contribution in [1.29, 1.82) is 0 Å². The van der Waals surface area contributed by atoms with E-state index in [9.17, 15) is 0 Å². The van der Waals surface area contributed by atoms with Gasteiger partial charge in [-0.25, -0.2) is 0 Å². The van der Waals surface area contributed by atoms with Crippen LogP contribution in [0.15, 0.2) is 71.5 Å². The predicted molar refractivity (Wildman–Crippen MR) is 91.7 cm³/mol. The molecule has 0 aliphatic heterocycles. The second-order valence-corrected chi connectivity index (χ2v) is 5.85. The molecule has 1 heterocycles. The minimum absolute atomic E-state index is 0.428. The summed E-state index contributed by atoms with van der Waals surface area (Å²) in [5, 5.41) is 0. The van der Waals surface area contributed by atoms with E-state index in [1.807, 2.05) is 6.07 Å². The van der Waals surface area contributed by atoms with E-state index >= 15 is 0 Å². The molecule has 0 aliphatic carbocycles. The van der Waals surface area contributed by atoms with Gasteiger partial charge in [-0.05, 0) is 49.3 Å². The molecule has 0 fully saturated rings. The summed E-state index contributed by atoms with van der Waals surface area (Å²) < 4.78 is 5.13. The standard InChI is InChI=1S/C20H21NO/c1-15(21(2)3)16-4-6-17(7-5-16)18-8-10-19(11-9-18)20-12-13-22-14-20/h4-15H,1-3H3. The van der Waals surface area contributed by atoms with Crippen LogP contribution in [0.1, 0.15) is 18.5 Å². The van der Waals surface area contributed by atoms with Crippen molar-refractivity contribution in [3.8, 4) is 22.3 Å². The third-order valence-electron chi connectivity index (χ3n) is 4.24. The maximum Gasteiger partial charge on any atom is 0.0980 e. The van der Waals surface area contributed by atoms with Crippen LogP contribution in [-0.4, -0.2) is 19.0 Å². The third kappa shape index (κ3) is 2.97. The fraction of sp³-hybridized carbons (Fsp3) is 0.200. The Hall–Kier alpha value is -2.32. The van der Waals surface area contributed by atoms with Crippen LogP contribution in [0.25, 0.3) is 22.3 Å². The smallest absolute Gasteiger partial charge is 0.0980 e. The van der Waals surface area contributed by atoms with Crippen molar-refractivity contribution in [2.75, 3.05) is 14.1 Å². The van der Waals surface area contributed by atoms with Gasteiger partial charge in [0.2, 0.25) is 0 Å². The lowest BCUT2D eigenvalue weighted by Gasteiger charge is -2.20. The summed E-state index contributed by atoms with van der Waals surface area (Å²) in [6.07, 6.45) is 3.47. The molecule has 2 aromatic carbocycles. The highest BCUT2D eigenvalue weighted by Gasteiger charge is 2.07. The summed E-state index contributed by atoms with van der Waals surface area (Å²) in [5.74, 6) is 0. The number of nitrogens with zero attached hydrogens (tertiary/aromatic N) is 1. The molecule has 0 spiro atoms. The predicted octanol–water partition coefficient (Wildman–Crippen LogP) is 5.24. The summed E-state index contributed by atoms with van der Waals surface area (Å²) >= 11 is 0. The van der Waals surface area contributed by atoms with E-state index in [-0.39, 0.29) is 0 Å². The number of hydrogen-bond donors (Lipinski definition) is 0. The second kappa shape index (κ2) is 6.20. The molecule has 0 saturated heterocycles. The van der Waals surface area contributed by atoms with Crippen LogP contribution < -0.4 is 0 Å². The van der Waals surface area contributed by atoms with Crippen LogP contribution in [0.4, 0.5) is 0 Å². The van der Waals surface area contributed by atoms with E-state index in [0.29, 0.717) is 6.04 Å². The van der Waals surface area contributed by atoms with Gasteiger partial charge < -0.3 is 9.32 Å². The number of rotatable bonds is 4. The average Bonchev–Trinajstić information content (AvgIpc) is 3.09.